The zero-order chi connectivity index (χ0) is 21.8. The average molecular weight is 407 g/mol. The van der Waals surface area contributed by atoms with Gasteiger partial charge in [0, 0.05) is 5.56 Å². The van der Waals surface area contributed by atoms with E-state index in [-0.39, 0.29) is 11.5 Å². The third kappa shape index (κ3) is 8.90. The molecule has 0 aliphatic rings. The average Bonchev–Trinajstić information content (AvgIpc) is 2.70. The van der Waals surface area contributed by atoms with Crippen LogP contribution in [0.2, 0.25) is 0 Å². The lowest BCUT2D eigenvalue weighted by Crippen LogP contribution is -1.92. The molecule has 2 aromatic rings. The van der Waals surface area contributed by atoms with E-state index in [2.05, 4.69) is 63.3 Å². The maximum atomic E-state index is 10.4. The summed E-state index contributed by atoms with van der Waals surface area (Å²) < 4.78 is 0. The Morgan fingerprint density at radius 3 is 1.97 bits per heavy atom. The van der Waals surface area contributed by atoms with Crippen molar-refractivity contribution in [3.8, 4) is 11.5 Å². The summed E-state index contributed by atoms with van der Waals surface area (Å²) in [5, 5.41) is 20.8. The van der Waals surface area contributed by atoms with Gasteiger partial charge in [-0.3, -0.25) is 0 Å². The van der Waals surface area contributed by atoms with Gasteiger partial charge in [-0.2, -0.15) is 0 Å². The van der Waals surface area contributed by atoms with Gasteiger partial charge in [0.1, 0.15) is 11.5 Å². The summed E-state index contributed by atoms with van der Waals surface area (Å²) in [7, 11) is 0. The second-order valence-electron chi connectivity index (χ2n) is 8.59. The van der Waals surface area contributed by atoms with Gasteiger partial charge in [0.05, 0.1) is 0 Å². The number of benzene rings is 2. The number of allylic oxidation sites excluding steroid dienone is 4. The first-order valence-corrected chi connectivity index (χ1v) is 11.3. The fraction of sp³-hybridized carbons (Fsp3) is 0.429. The fourth-order valence-electron chi connectivity index (χ4n) is 3.68. The van der Waals surface area contributed by atoms with Crippen LogP contribution in [0.25, 0.3) is 0 Å². The van der Waals surface area contributed by atoms with Crippen LogP contribution in [0, 0.1) is 0 Å². The van der Waals surface area contributed by atoms with Gasteiger partial charge in [-0.15, -0.1) is 0 Å². The predicted molar refractivity (Wildman–Crippen MR) is 128 cm³/mol. The molecule has 2 rings (SSSR count). The van der Waals surface area contributed by atoms with Crippen molar-refractivity contribution in [2.75, 3.05) is 0 Å². The van der Waals surface area contributed by atoms with Crippen LogP contribution in [0.3, 0.4) is 0 Å². The summed E-state index contributed by atoms with van der Waals surface area (Å²) in [5.74, 6) is 0.421. The molecule has 0 aliphatic heterocycles. The number of unbranched alkanes of at least 4 members (excludes halogenated alkanes) is 3. The van der Waals surface area contributed by atoms with Crippen LogP contribution in [-0.2, 0) is 19.3 Å². The highest BCUT2D eigenvalue weighted by atomic mass is 16.3. The van der Waals surface area contributed by atoms with E-state index in [4.69, 9.17) is 0 Å². The van der Waals surface area contributed by atoms with Crippen LogP contribution < -0.4 is 0 Å². The summed E-state index contributed by atoms with van der Waals surface area (Å²) in [6.07, 6.45) is 13.7. The molecule has 0 radical (unpaired) electrons. The Kier molecular flexibility index (Phi) is 10.3. The molecule has 0 fully saturated rings. The molecule has 0 aromatic heterocycles. The summed E-state index contributed by atoms with van der Waals surface area (Å²) in [4.78, 5) is 0. The summed E-state index contributed by atoms with van der Waals surface area (Å²) in [6.45, 7) is 6.34. The van der Waals surface area contributed by atoms with Crippen molar-refractivity contribution in [3.63, 3.8) is 0 Å². The molecule has 0 saturated heterocycles. The Labute approximate surface area is 183 Å². The molecule has 2 aromatic carbocycles. The molecule has 0 bridgehead atoms. The van der Waals surface area contributed by atoms with Gasteiger partial charge in [-0.1, -0.05) is 66.5 Å². The Bertz CT molecular complexity index is 804. The maximum Gasteiger partial charge on any atom is 0.123 e. The van der Waals surface area contributed by atoms with Crippen LogP contribution in [-0.4, -0.2) is 10.2 Å². The third-order valence-electron chi connectivity index (χ3n) is 5.53. The molecule has 0 atom stereocenters. The quantitative estimate of drug-likeness (QED) is 0.280. The molecule has 0 spiro atoms. The lowest BCUT2D eigenvalue weighted by molar-refractivity contribution is 0.439. The van der Waals surface area contributed by atoms with E-state index in [0.717, 1.165) is 37.7 Å². The minimum Gasteiger partial charge on any atom is -0.508 e. The van der Waals surface area contributed by atoms with Crippen LogP contribution in [0.1, 0.15) is 76.0 Å². The van der Waals surface area contributed by atoms with Gasteiger partial charge < -0.3 is 10.2 Å². The van der Waals surface area contributed by atoms with Crippen LogP contribution in [0.5, 0.6) is 11.5 Å². The van der Waals surface area contributed by atoms with E-state index in [0.29, 0.717) is 12.0 Å². The van der Waals surface area contributed by atoms with E-state index in [9.17, 15) is 10.2 Å². The van der Waals surface area contributed by atoms with Crippen LogP contribution >= 0.6 is 0 Å². The zero-order valence-electron chi connectivity index (χ0n) is 19.0. The van der Waals surface area contributed by atoms with Gasteiger partial charge in [0.15, 0.2) is 0 Å². The number of hydrogen-bond acceptors (Lipinski definition) is 2. The number of aromatic hydroxyl groups is 2. The number of rotatable bonds is 12. The minimum atomic E-state index is 0.211. The van der Waals surface area contributed by atoms with Crippen LogP contribution in [0.15, 0.2) is 65.8 Å². The van der Waals surface area contributed by atoms with Crippen molar-refractivity contribution in [1.29, 1.82) is 0 Å². The number of phenolic OH excluding ortho intramolecular Hbond substituents is 2. The Hall–Kier alpha value is -2.48. The molecule has 162 valence electrons. The normalized spacial score (nSPS) is 11.5. The van der Waals surface area contributed by atoms with E-state index >= 15 is 0 Å². The fourth-order valence-corrected chi connectivity index (χ4v) is 3.68. The molecule has 0 saturated carbocycles. The number of phenols is 2. The molecular formula is C28H38O2. The summed E-state index contributed by atoms with van der Waals surface area (Å²) >= 11 is 0. The molecule has 0 unspecified atom stereocenters. The SMILES string of the molecule is CC(C)=CCC/C(C)=C/Cc1c(O)cc(CCCCCCc2ccccc2)cc1O. The van der Waals surface area contributed by atoms with Gasteiger partial charge in [-0.05, 0) is 89.0 Å². The molecule has 30 heavy (non-hydrogen) atoms. The highest BCUT2D eigenvalue weighted by Crippen LogP contribution is 2.31. The van der Waals surface area contributed by atoms with Gasteiger partial charge in [0.25, 0.3) is 0 Å². The van der Waals surface area contributed by atoms with Crippen molar-refractivity contribution in [2.45, 2.75) is 78.6 Å². The Morgan fingerprint density at radius 2 is 1.37 bits per heavy atom. The second kappa shape index (κ2) is 13.0. The van der Waals surface area contributed by atoms with E-state index in [1.54, 1.807) is 0 Å². The predicted octanol–water partition coefficient (Wildman–Crippen LogP) is 7.68. The minimum absolute atomic E-state index is 0.211. The summed E-state index contributed by atoms with van der Waals surface area (Å²) in [6, 6.07) is 14.3. The van der Waals surface area contributed by atoms with Crippen molar-refractivity contribution in [1.82, 2.24) is 0 Å². The Balaban J connectivity index is 1.76. The third-order valence-corrected chi connectivity index (χ3v) is 5.53. The van der Waals surface area contributed by atoms with Crippen molar-refractivity contribution < 1.29 is 10.2 Å². The van der Waals surface area contributed by atoms with Crippen molar-refractivity contribution >= 4 is 0 Å². The highest BCUT2D eigenvalue weighted by Gasteiger charge is 2.09. The second-order valence-corrected chi connectivity index (χ2v) is 8.59. The highest BCUT2D eigenvalue weighted by molar-refractivity contribution is 5.47. The molecule has 2 nitrogen and oxygen atoms in total. The first-order chi connectivity index (χ1) is 14.5. The van der Waals surface area contributed by atoms with Gasteiger partial charge >= 0.3 is 0 Å². The molecule has 2 heteroatoms. The zero-order valence-corrected chi connectivity index (χ0v) is 19.0. The molecule has 0 amide bonds. The largest absolute Gasteiger partial charge is 0.508 e. The van der Waals surface area contributed by atoms with Gasteiger partial charge in [-0.25, -0.2) is 0 Å². The topological polar surface area (TPSA) is 40.5 Å². The van der Waals surface area contributed by atoms with Crippen LogP contribution in [0.4, 0.5) is 0 Å². The smallest absolute Gasteiger partial charge is 0.123 e. The lowest BCUT2D eigenvalue weighted by Gasteiger charge is -2.10. The van der Waals surface area contributed by atoms with E-state index in [1.807, 2.05) is 12.1 Å². The van der Waals surface area contributed by atoms with Gasteiger partial charge in [0.2, 0.25) is 0 Å². The van der Waals surface area contributed by atoms with E-state index < -0.39 is 0 Å². The maximum absolute atomic E-state index is 10.4. The molecule has 0 aliphatic carbocycles. The lowest BCUT2D eigenvalue weighted by atomic mass is 9.99. The number of aryl methyl sites for hydroxylation is 2. The van der Waals surface area contributed by atoms with E-state index in [1.165, 1.54) is 36.0 Å². The first-order valence-electron chi connectivity index (χ1n) is 11.3. The summed E-state index contributed by atoms with van der Waals surface area (Å²) in [5.41, 5.74) is 5.67. The molecule has 0 heterocycles. The van der Waals surface area contributed by atoms with Crippen molar-refractivity contribution in [3.05, 3.63) is 82.5 Å². The first kappa shape index (κ1) is 23.8. The van der Waals surface area contributed by atoms with Crippen molar-refractivity contribution in [2.24, 2.45) is 0 Å². The molecule has 2 N–H and O–H groups in total. The molecular weight excluding hydrogens is 368 g/mol. The Morgan fingerprint density at radius 1 is 0.767 bits per heavy atom. The monoisotopic (exact) mass is 406 g/mol. The standard InChI is InChI=1S/C28H38O2/c1-22(2)12-11-13-23(3)18-19-26-27(29)20-25(21-28(26)30)17-8-5-4-7-14-24-15-9-6-10-16-24/h6,9-10,12,15-16,18,20-21,29-30H,4-5,7-8,11,13-14,17,19H2,1-3H3/b23-18+. The number of hydrogen-bond donors (Lipinski definition) is 2.